The molecule has 0 unspecified atom stereocenters. The first-order valence-electron chi connectivity index (χ1n) is 12.1. The molecule has 0 fully saturated rings. The summed E-state index contributed by atoms with van der Waals surface area (Å²) in [6, 6.07) is 4.30. The van der Waals surface area contributed by atoms with Crippen molar-refractivity contribution >= 4 is 33.1 Å². The lowest BCUT2D eigenvalue weighted by atomic mass is 9.95. The first kappa shape index (κ1) is 24.6. The number of pyridine rings is 2. The van der Waals surface area contributed by atoms with Gasteiger partial charge in [-0.2, -0.15) is 0 Å². The highest BCUT2D eigenvalue weighted by Gasteiger charge is 2.13. The molecule has 0 saturated heterocycles. The zero-order valence-corrected chi connectivity index (χ0v) is 20.2. The van der Waals surface area contributed by atoms with Crippen LogP contribution in [0.5, 0.6) is 0 Å². The molecular weight excluding hydrogens is 388 g/mol. The number of unbranched alkanes of at least 4 members (excludes halogenated alkanes) is 7. The van der Waals surface area contributed by atoms with Gasteiger partial charge in [-0.05, 0) is 42.3 Å². The lowest BCUT2D eigenvalue weighted by Crippen LogP contribution is -1.96. The molecule has 30 heavy (non-hydrogen) atoms. The number of aromatic nitrogens is 2. The van der Waals surface area contributed by atoms with Crippen molar-refractivity contribution in [2.45, 2.75) is 98.3 Å². The minimum Gasteiger partial charge on any atom is -0.264 e. The summed E-state index contributed by atoms with van der Waals surface area (Å²) < 4.78 is 0. The summed E-state index contributed by atoms with van der Waals surface area (Å²) in [5.74, 6) is 0. The predicted molar refractivity (Wildman–Crippen MR) is 134 cm³/mol. The molecule has 2 aromatic heterocycles. The molecule has 0 radical (unpaired) electrons. The fraction of sp³-hybridized carbons (Fsp3) is 0.556. The van der Waals surface area contributed by atoms with E-state index < -0.39 is 0 Å². The topological polar surface area (TPSA) is 25.8 Å². The van der Waals surface area contributed by atoms with Gasteiger partial charge in [-0.1, -0.05) is 90.7 Å². The summed E-state index contributed by atoms with van der Waals surface area (Å²) in [6.07, 6.45) is 19.7. The van der Waals surface area contributed by atoms with E-state index in [0.717, 1.165) is 35.1 Å². The number of hydrogen-bond donors (Lipinski definition) is 0. The molecule has 3 heteroatoms. The van der Waals surface area contributed by atoms with E-state index in [1.807, 2.05) is 38.5 Å². The van der Waals surface area contributed by atoms with Gasteiger partial charge in [0.25, 0.3) is 0 Å². The molecule has 0 N–H and O–H groups in total. The number of fused-ring (bicyclic) bond motifs is 2. The number of halogens is 1. The molecule has 0 spiro atoms. The largest absolute Gasteiger partial charge is 0.264 e. The number of hydrogen-bond acceptors (Lipinski definition) is 2. The standard InChI is InChI=1S/C25H33ClN2.C2H6/c1-3-5-6-7-8-9-10-11-13-19-16-22-20(12-4-2)23-17-27-15-14-21(23)25(26)24(22)18-28-19;1-2/h14-18H,3-13H2,1-2H3;1-2H3. The van der Waals surface area contributed by atoms with Gasteiger partial charge in [-0.25, -0.2) is 0 Å². The van der Waals surface area contributed by atoms with Gasteiger partial charge in [0, 0.05) is 40.4 Å². The average molecular weight is 427 g/mol. The van der Waals surface area contributed by atoms with Crippen molar-refractivity contribution in [3.63, 3.8) is 0 Å². The highest BCUT2D eigenvalue weighted by molar-refractivity contribution is 6.41. The molecule has 1 aromatic carbocycles. The molecule has 164 valence electrons. The van der Waals surface area contributed by atoms with Crippen molar-refractivity contribution in [1.82, 2.24) is 9.97 Å². The molecule has 3 rings (SSSR count). The maximum Gasteiger partial charge on any atom is 0.0579 e. The third-order valence-corrected chi connectivity index (χ3v) is 6.10. The second-order valence-corrected chi connectivity index (χ2v) is 8.29. The number of rotatable bonds is 11. The lowest BCUT2D eigenvalue weighted by molar-refractivity contribution is 0.574. The molecule has 0 amide bonds. The Morgan fingerprint density at radius 3 is 2.13 bits per heavy atom. The van der Waals surface area contributed by atoms with E-state index in [1.54, 1.807) is 0 Å². The van der Waals surface area contributed by atoms with E-state index in [-0.39, 0.29) is 0 Å². The van der Waals surface area contributed by atoms with Crippen LogP contribution in [0.4, 0.5) is 0 Å². The molecule has 0 saturated carbocycles. The molecule has 2 heterocycles. The van der Waals surface area contributed by atoms with Crippen LogP contribution in [0.1, 0.15) is 96.7 Å². The van der Waals surface area contributed by atoms with E-state index >= 15 is 0 Å². The maximum atomic E-state index is 6.73. The highest BCUT2D eigenvalue weighted by atomic mass is 35.5. The Morgan fingerprint density at radius 1 is 0.733 bits per heavy atom. The summed E-state index contributed by atoms with van der Waals surface area (Å²) in [4.78, 5) is 9.08. The number of benzene rings is 1. The first-order valence-corrected chi connectivity index (χ1v) is 12.5. The summed E-state index contributed by atoms with van der Waals surface area (Å²) in [5.41, 5.74) is 2.56. The fourth-order valence-corrected chi connectivity index (χ4v) is 4.45. The van der Waals surface area contributed by atoms with Crippen LogP contribution in [0.15, 0.2) is 30.7 Å². The van der Waals surface area contributed by atoms with Crippen LogP contribution >= 0.6 is 11.6 Å². The smallest absolute Gasteiger partial charge is 0.0579 e. The van der Waals surface area contributed by atoms with Crippen LogP contribution in [0.25, 0.3) is 21.5 Å². The minimum atomic E-state index is 0.804. The molecule has 0 aliphatic heterocycles. The van der Waals surface area contributed by atoms with Crippen LogP contribution < -0.4 is 0 Å². The summed E-state index contributed by atoms with van der Waals surface area (Å²) >= 11 is 6.73. The van der Waals surface area contributed by atoms with Gasteiger partial charge < -0.3 is 0 Å². The lowest BCUT2D eigenvalue weighted by Gasteiger charge is -2.14. The third-order valence-electron chi connectivity index (χ3n) is 5.69. The van der Waals surface area contributed by atoms with Crippen LogP contribution in [0, 0.1) is 0 Å². The monoisotopic (exact) mass is 426 g/mol. The van der Waals surface area contributed by atoms with Crippen molar-refractivity contribution in [2.75, 3.05) is 0 Å². The van der Waals surface area contributed by atoms with Crippen LogP contribution in [0.2, 0.25) is 5.02 Å². The zero-order valence-electron chi connectivity index (χ0n) is 19.4. The predicted octanol–water partition coefficient (Wildman–Crippen LogP) is 9.10. The minimum absolute atomic E-state index is 0.804. The van der Waals surface area contributed by atoms with Crippen LogP contribution in [0.3, 0.4) is 0 Å². The Kier molecular flexibility index (Phi) is 11.1. The Balaban J connectivity index is 0.00000155. The molecule has 0 atom stereocenters. The second-order valence-electron chi connectivity index (χ2n) is 7.91. The molecule has 0 bridgehead atoms. The molecule has 2 nitrogen and oxygen atoms in total. The van der Waals surface area contributed by atoms with Gasteiger partial charge in [0.1, 0.15) is 0 Å². The maximum absolute atomic E-state index is 6.73. The summed E-state index contributed by atoms with van der Waals surface area (Å²) in [6.45, 7) is 8.50. The van der Waals surface area contributed by atoms with Crippen molar-refractivity contribution in [3.8, 4) is 0 Å². The number of aryl methyl sites for hydroxylation is 2. The normalized spacial score (nSPS) is 11.0. The van der Waals surface area contributed by atoms with E-state index in [9.17, 15) is 0 Å². The Hall–Kier alpha value is -1.67. The van der Waals surface area contributed by atoms with Gasteiger partial charge in [-0.3, -0.25) is 9.97 Å². The molecule has 0 aliphatic carbocycles. The van der Waals surface area contributed by atoms with Crippen molar-refractivity contribution in [3.05, 3.63) is 47.0 Å². The van der Waals surface area contributed by atoms with Gasteiger partial charge in [0.05, 0.1) is 5.02 Å². The van der Waals surface area contributed by atoms with Crippen molar-refractivity contribution in [1.29, 1.82) is 0 Å². The fourth-order valence-electron chi connectivity index (χ4n) is 4.14. The van der Waals surface area contributed by atoms with Gasteiger partial charge >= 0.3 is 0 Å². The third kappa shape index (κ3) is 6.41. The summed E-state index contributed by atoms with van der Waals surface area (Å²) in [7, 11) is 0. The SMILES string of the molecule is CC.CCCCCCCCCCc1cc2c(CCC)c3cnccc3c(Cl)c2cn1. The van der Waals surface area contributed by atoms with Gasteiger partial charge in [0.15, 0.2) is 0 Å². The summed E-state index contributed by atoms with van der Waals surface area (Å²) in [5, 5.41) is 5.41. The van der Waals surface area contributed by atoms with Gasteiger partial charge in [-0.15, -0.1) is 0 Å². The first-order chi connectivity index (χ1) is 14.8. The zero-order chi connectivity index (χ0) is 21.8. The van der Waals surface area contributed by atoms with Gasteiger partial charge in [0.2, 0.25) is 0 Å². The molecule has 3 aromatic rings. The number of nitrogens with zero attached hydrogens (tertiary/aromatic N) is 2. The quantitative estimate of drug-likeness (QED) is 0.225. The van der Waals surface area contributed by atoms with E-state index in [0.29, 0.717) is 0 Å². The van der Waals surface area contributed by atoms with Crippen LogP contribution in [-0.2, 0) is 12.8 Å². The Bertz CT molecular complexity index is 904. The Labute approximate surface area is 188 Å². The highest BCUT2D eigenvalue weighted by Crippen LogP contribution is 2.36. The average Bonchev–Trinajstić information content (AvgIpc) is 2.79. The Morgan fingerprint density at radius 2 is 1.43 bits per heavy atom. The van der Waals surface area contributed by atoms with E-state index in [2.05, 4.69) is 24.9 Å². The molecular formula is C27H39ClN2. The van der Waals surface area contributed by atoms with E-state index in [4.69, 9.17) is 16.6 Å². The van der Waals surface area contributed by atoms with Crippen molar-refractivity contribution in [2.24, 2.45) is 0 Å². The van der Waals surface area contributed by atoms with Crippen molar-refractivity contribution < 1.29 is 0 Å². The van der Waals surface area contributed by atoms with Crippen LogP contribution in [-0.4, -0.2) is 9.97 Å². The second kappa shape index (κ2) is 13.6. The van der Waals surface area contributed by atoms with E-state index in [1.165, 1.54) is 73.4 Å². The molecule has 0 aliphatic rings.